The molecule has 14 heavy (non-hydrogen) atoms. The molecule has 0 aromatic heterocycles. The van der Waals surface area contributed by atoms with Crippen LogP contribution in [0.2, 0.25) is 0 Å². The summed E-state index contributed by atoms with van der Waals surface area (Å²) in [6, 6.07) is 0. The molecule has 0 N–H and O–H groups in total. The van der Waals surface area contributed by atoms with Gasteiger partial charge in [-0.3, -0.25) is 0 Å². The number of nitrogens with zero attached hydrogens (tertiary/aromatic N) is 1. The first-order valence-corrected chi connectivity index (χ1v) is 4.74. The molecule has 80 valence electrons. The molecule has 0 aliphatic heterocycles. The summed E-state index contributed by atoms with van der Waals surface area (Å²) in [6.45, 7) is -0.230. The Hall–Kier alpha value is 1.71. The van der Waals surface area contributed by atoms with Gasteiger partial charge >= 0.3 is 74.4 Å². The minimum absolute atomic E-state index is 0. The Morgan fingerprint density at radius 2 is 1.86 bits per heavy atom. The Morgan fingerprint density at radius 3 is 2.21 bits per heavy atom. The number of alkyl halides is 3. The van der Waals surface area contributed by atoms with E-state index in [2.05, 4.69) is 9.46 Å². The standard InChI is InChI=1S/C5H9F3NO3S.Cs/c1-12-4-2-3-9-13(10,11)5(6,7)8;/h2-4H2,1H3;/q-1;+1. The van der Waals surface area contributed by atoms with Gasteiger partial charge in [-0.05, 0) is 6.42 Å². The van der Waals surface area contributed by atoms with Gasteiger partial charge in [-0.1, -0.05) is 0 Å². The Bertz CT molecular complexity index is 241. The van der Waals surface area contributed by atoms with Crippen LogP contribution in [0.4, 0.5) is 13.2 Å². The number of sulfonamides is 1. The van der Waals surface area contributed by atoms with Crippen molar-refractivity contribution in [2.45, 2.75) is 11.9 Å². The van der Waals surface area contributed by atoms with Gasteiger partial charge in [-0.2, -0.15) is 13.2 Å². The fraction of sp³-hybridized carbons (Fsp3) is 1.00. The van der Waals surface area contributed by atoms with Gasteiger partial charge in [0.05, 0.1) is 0 Å². The zero-order valence-electron chi connectivity index (χ0n) is 7.84. The molecule has 0 aromatic rings. The number of ether oxygens (including phenoxy) is 1. The second-order valence-corrected chi connectivity index (χ2v) is 3.79. The second-order valence-electron chi connectivity index (χ2n) is 2.12. The second kappa shape index (κ2) is 7.90. The average molecular weight is 353 g/mol. The van der Waals surface area contributed by atoms with E-state index in [1.54, 1.807) is 0 Å². The van der Waals surface area contributed by atoms with Crippen molar-refractivity contribution < 1.29 is 95.2 Å². The molecule has 0 saturated heterocycles. The van der Waals surface area contributed by atoms with Gasteiger partial charge in [0.2, 0.25) is 0 Å². The monoisotopic (exact) mass is 353 g/mol. The van der Waals surface area contributed by atoms with E-state index >= 15 is 0 Å². The third-order valence-electron chi connectivity index (χ3n) is 1.06. The van der Waals surface area contributed by atoms with Crippen molar-refractivity contribution in [3.05, 3.63) is 4.72 Å². The summed E-state index contributed by atoms with van der Waals surface area (Å²) < 4.78 is 62.5. The van der Waals surface area contributed by atoms with Crippen LogP contribution >= 0.6 is 0 Å². The van der Waals surface area contributed by atoms with Crippen molar-refractivity contribution in [3.8, 4) is 0 Å². The summed E-state index contributed by atoms with van der Waals surface area (Å²) in [4.78, 5) is 0. The summed E-state index contributed by atoms with van der Waals surface area (Å²) in [5, 5.41) is 0. The quantitative estimate of drug-likeness (QED) is 0.551. The van der Waals surface area contributed by atoms with Crippen LogP contribution in [0.25, 0.3) is 4.72 Å². The van der Waals surface area contributed by atoms with Gasteiger partial charge in [-0.15, -0.1) is 6.54 Å². The van der Waals surface area contributed by atoms with E-state index in [0.29, 0.717) is 0 Å². The SMILES string of the molecule is COCCC[N-]S(=O)(=O)C(F)(F)F.[Cs+]. The van der Waals surface area contributed by atoms with Gasteiger partial charge in [-0.25, -0.2) is 8.42 Å². The topological polar surface area (TPSA) is 57.5 Å². The number of hydrogen-bond acceptors (Lipinski definition) is 3. The van der Waals surface area contributed by atoms with Crippen LogP contribution in [0.5, 0.6) is 0 Å². The van der Waals surface area contributed by atoms with Crippen LogP contribution < -0.4 is 68.9 Å². The van der Waals surface area contributed by atoms with Crippen LogP contribution in [0.3, 0.4) is 0 Å². The minimum atomic E-state index is -5.31. The van der Waals surface area contributed by atoms with E-state index in [1.165, 1.54) is 7.11 Å². The molecular formula is C5H9CsF3NO3S. The molecule has 0 radical (unpaired) electrons. The largest absolute Gasteiger partial charge is 1.00 e. The summed E-state index contributed by atoms with van der Waals surface area (Å²) in [5.41, 5.74) is -5.29. The molecule has 0 aliphatic rings. The molecule has 0 aromatic carbocycles. The summed E-state index contributed by atoms with van der Waals surface area (Å²) in [7, 11) is -3.95. The number of halogens is 3. The van der Waals surface area contributed by atoms with Crippen molar-refractivity contribution in [1.29, 1.82) is 0 Å². The van der Waals surface area contributed by atoms with Gasteiger partial charge < -0.3 is 9.46 Å². The molecule has 0 rings (SSSR count). The van der Waals surface area contributed by atoms with E-state index in [0.717, 1.165) is 0 Å². The van der Waals surface area contributed by atoms with Crippen molar-refractivity contribution in [3.63, 3.8) is 0 Å². The van der Waals surface area contributed by atoms with Crippen LogP contribution in [0.1, 0.15) is 6.42 Å². The van der Waals surface area contributed by atoms with Gasteiger partial charge in [0.25, 0.3) is 0 Å². The first kappa shape index (κ1) is 18.1. The Balaban J connectivity index is 0. The van der Waals surface area contributed by atoms with Crippen molar-refractivity contribution in [2.24, 2.45) is 0 Å². The average Bonchev–Trinajstić information content (AvgIpc) is 1.96. The zero-order chi connectivity index (χ0) is 10.5. The predicted octanol–water partition coefficient (Wildman–Crippen LogP) is -1.75. The number of methoxy groups -OCH3 is 1. The van der Waals surface area contributed by atoms with Crippen molar-refractivity contribution in [2.75, 3.05) is 20.3 Å². The fourth-order valence-electron chi connectivity index (χ4n) is 0.467. The van der Waals surface area contributed by atoms with Crippen LogP contribution in [0, 0.1) is 0 Å². The molecule has 9 heteroatoms. The molecule has 0 saturated carbocycles. The zero-order valence-corrected chi connectivity index (χ0v) is 14.9. The van der Waals surface area contributed by atoms with E-state index in [1.807, 2.05) is 0 Å². The van der Waals surface area contributed by atoms with Gasteiger partial charge in [0.15, 0.2) is 10.0 Å². The van der Waals surface area contributed by atoms with Crippen LogP contribution in [0.15, 0.2) is 0 Å². The molecule has 0 spiro atoms. The third kappa shape index (κ3) is 7.06. The van der Waals surface area contributed by atoms with Gasteiger partial charge in [0, 0.05) is 13.7 Å². The van der Waals surface area contributed by atoms with Crippen LogP contribution in [-0.2, 0) is 14.8 Å². The maximum Gasteiger partial charge on any atom is 1.00 e. The fourth-order valence-corrected chi connectivity index (χ4v) is 0.983. The maximum absolute atomic E-state index is 11.6. The summed E-state index contributed by atoms with van der Waals surface area (Å²) in [5.74, 6) is 0. The minimum Gasteiger partial charge on any atom is -0.541 e. The van der Waals surface area contributed by atoms with E-state index in [-0.39, 0.29) is 81.9 Å². The van der Waals surface area contributed by atoms with E-state index in [4.69, 9.17) is 0 Å². The Labute approximate surface area is 139 Å². The first-order chi connectivity index (χ1) is 5.81. The molecule has 0 bridgehead atoms. The molecule has 0 unspecified atom stereocenters. The molecule has 0 fully saturated rings. The van der Waals surface area contributed by atoms with Crippen molar-refractivity contribution >= 4 is 10.0 Å². The molecule has 0 amide bonds. The number of hydrogen-bond donors (Lipinski definition) is 0. The predicted molar refractivity (Wildman–Crippen MR) is 39.7 cm³/mol. The smallest absolute Gasteiger partial charge is 0.541 e. The first-order valence-electron chi connectivity index (χ1n) is 3.30. The molecule has 0 aliphatic carbocycles. The van der Waals surface area contributed by atoms with Crippen LogP contribution in [-0.4, -0.2) is 34.2 Å². The molecule has 4 nitrogen and oxygen atoms in total. The van der Waals surface area contributed by atoms with E-state index < -0.39 is 22.1 Å². The number of rotatable bonds is 5. The van der Waals surface area contributed by atoms with E-state index in [9.17, 15) is 21.6 Å². The summed E-state index contributed by atoms with van der Waals surface area (Å²) in [6.07, 6.45) is 0.145. The molecule has 0 heterocycles. The maximum atomic E-state index is 11.6. The normalized spacial score (nSPS) is 12.3. The molecular weight excluding hydrogens is 344 g/mol. The molecule has 0 atom stereocenters. The Kier molecular flexibility index (Phi) is 10.2. The Morgan fingerprint density at radius 1 is 1.36 bits per heavy atom. The van der Waals surface area contributed by atoms with Gasteiger partial charge in [0.1, 0.15) is 0 Å². The summed E-state index contributed by atoms with van der Waals surface area (Å²) >= 11 is 0. The van der Waals surface area contributed by atoms with Crippen molar-refractivity contribution in [1.82, 2.24) is 0 Å². The third-order valence-corrected chi connectivity index (χ3v) is 2.17.